The van der Waals surface area contributed by atoms with Crippen LogP contribution in [-0.4, -0.2) is 13.0 Å². The number of rotatable bonds is 3. The highest BCUT2D eigenvalue weighted by atomic mass is 16.5. The molecule has 4 heteroatoms. The third-order valence-electron chi connectivity index (χ3n) is 2.46. The van der Waals surface area contributed by atoms with Crippen LogP contribution < -0.4 is 15.8 Å². The minimum Gasteiger partial charge on any atom is -0.497 e. The Hall–Kier alpha value is -1.71. The minimum absolute atomic E-state index is 0.0619. The number of anilines is 2. The normalized spacial score (nSPS) is 14.7. The Morgan fingerprint density at radius 1 is 1.53 bits per heavy atom. The summed E-state index contributed by atoms with van der Waals surface area (Å²) in [5.74, 6) is 0.940. The molecule has 0 aliphatic heterocycles. The molecule has 3 N–H and O–H groups in total. The van der Waals surface area contributed by atoms with Crippen LogP contribution >= 0.6 is 0 Å². The van der Waals surface area contributed by atoms with Gasteiger partial charge in [-0.1, -0.05) is 0 Å². The van der Waals surface area contributed by atoms with E-state index in [2.05, 4.69) is 5.32 Å². The molecule has 2 rings (SSSR count). The van der Waals surface area contributed by atoms with E-state index >= 15 is 0 Å². The maximum absolute atomic E-state index is 11.5. The molecule has 0 aromatic heterocycles. The molecule has 1 aromatic carbocycles. The van der Waals surface area contributed by atoms with Crippen LogP contribution in [0.4, 0.5) is 11.4 Å². The minimum atomic E-state index is 0.0619. The van der Waals surface area contributed by atoms with Crippen LogP contribution in [0.2, 0.25) is 0 Å². The van der Waals surface area contributed by atoms with Crippen molar-refractivity contribution >= 4 is 17.3 Å². The number of ether oxygens (including phenoxy) is 1. The van der Waals surface area contributed by atoms with E-state index in [4.69, 9.17) is 10.5 Å². The molecule has 1 aromatic rings. The second-order valence-corrected chi connectivity index (χ2v) is 3.72. The summed E-state index contributed by atoms with van der Waals surface area (Å²) in [6.45, 7) is 0. The lowest BCUT2D eigenvalue weighted by Gasteiger charge is -2.08. The van der Waals surface area contributed by atoms with Gasteiger partial charge < -0.3 is 15.8 Å². The van der Waals surface area contributed by atoms with E-state index in [-0.39, 0.29) is 11.8 Å². The highest BCUT2D eigenvalue weighted by molar-refractivity contribution is 5.96. The molecular weight excluding hydrogens is 192 g/mol. The second-order valence-electron chi connectivity index (χ2n) is 3.72. The van der Waals surface area contributed by atoms with Crippen molar-refractivity contribution in [1.82, 2.24) is 0 Å². The first-order valence-corrected chi connectivity index (χ1v) is 4.95. The van der Waals surface area contributed by atoms with Crippen LogP contribution in [0, 0.1) is 5.92 Å². The lowest BCUT2D eigenvalue weighted by atomic mass is 10.2. The molecule has 0 bridgehead atoms. The van der Waals surface area contributed by atoms with Crippen LogP contribution in [0.25, 0.3) is 0 Å². The molecule has 0 saturated heterocycles. The van der Waals surface area contributed by atoms with Gasteiger partial charge in [-0.05, 0) is 25.0 Å². The Morgan fingerprint density at radius 2 is 2.27 bits per heavy atom. The molecule has 0 radical (unpaired) electrons. The molecule has 0 unspecified atom stereocenters. The van der Waals surface area contributed by atoms with Crippen molar-refractivity contribution < 1.29 is 9.53 Å². The van der Waals surface area contributed by atoms with Crippen molar-refractivity contribution in [2.75, 3.05) is 18.2 Å². The first-order valence-electron chi connectivity index (χ1n) is 4.95. The van der Waals surface area contributed by atoms with Crippen LogP contribution in [0.1, 0.15) is 12.8 Å². The second kappa shape index (κ2) is 3.81. The smallest absolute Gasteiger partial charge is 0.227 e. The summed E-state index contributed by atoms with van der Waals surface area (Å²) in [6.07, 6.45) is 1.98. The molecule has 0 atom stereocenters. The van der Waals surface area contributed by atoms with Crippen LogP contribution in [0.5, 0.6) is 5.75 Å². The maximum atomic E-state index is 11.5. The van der Waals surface area contributed by atoms with E-state index in [1.807, 2.05) is 0 Å². The quantitative estimate of drug-likeness (QED) is 0.739. The standard InChI is InChI=1S/C11H14N2O2/c1-15-8-4-5-10(9(12)6-8)13-11(14)7-2-3-7/h4-7H,2-3,12H2,1H3,(H,13,14). The van der Waals surface area contributed by atoms with Gasteiger partial charge in [0.25, 0.3) is 0 Å². The van der Waals surface area contributed by atoms with Crippen molar-refractivity contribution in [1.29, 1.82) is 0 Å². The molecule has 0 heterocycles. The maximum Gasteiger partial charge on any atom is 0.227 e. The van der Waals surface area contributed by atoms with Gasteiger partial charge in [0.2, 0.25) is 5.91 Å². The molecule has 1 saturated carbocycles. The van der Waals surface area contributed by atoms with E-state index in [9.17, 15) is 4.79 Å². The molecule has 0 spiro atoms. The zero-order valence-corrected chi connectivity index (χ0v) is 8.62. The third-order valence-corrected chi connectivity index (χ3v) is 2.46. The Bertz CT molecular complexity index is 386. The van der Waals surface area contributed by atoms with Gasteiger partial charge in [-0.2, -0.15) is 0 Å². The van der Waals surface area contributed by atoms with Gasteiger partial charge in [-0.15, -0.1) is 0 Å². The summed E-state index contributed by atoms with van der Waals surface area (Å²) in [5.41, 5.74) is 6.96. The topological polar surface area (TPSA) is 64.3 Å². The average molecular weight is 206 g/mol. The van der Waals surface area contributed by atoms with Gasteiger partial charge in [0.05, 0.1) is 18.5 Å². The predicted octanol–water partition coefficient (Wildman–Crippen LogP) is 1.63. The summed E-state index contributed by atoms with van der Waals surface area (Å²) in [4.78, 5) is 11.5. The summed E-state index contributed by atoms with van der Waals surface area (Å²) in [7, 11) is 1.58. The number of nitrogens with two attached hydrogens (primary N) is 1. The van der Waals surface area contributed by atoms with Gasteiger partial charge in [0.1, 0.15) is 5.75 Å². The number of methoxy groups -OCH3 is 1. The zero-order valence-electron chi connectivity index (χ0n) is 8.62. The Morgan fingerprint density at radius 3 is 2.80 bits per heavy atom. The monoisotopic (exact) mass is 206 g/mol. The fraction of sp³-hybridized carbons (Fsp3) is 0.364. The molecule has 80 valence electrons. The zero-order chi connectivity index (χ0) is 10.8. The summed E-state index contributed by atoms with van der Waals surface area (Å²) in [5, 5.41) is 2.80. The number of carbonyl (C=O) groups is 1. The predicted molar refractivity (Wildman–Crippen MR) is 58.8 cm³/mol. The summed E-state index contributed by atoms with van der Waals surface area (Å²) >= 11 is 0. The molecule has 1 aliphatic rings. The van der Waals surface area contributed by atoms with E-state index < -0.39 is 0 Å². The number of carbonyl (C=O) groups excluding carboxylic acids is 1. The first kappa shape index (κ1) is 9.83. The van der Waals surface area contributed by atoms with E-state index in [1.54, 1.807) is 25.3 Å². The largest absolute Gasteiger partial charge is 0.497 e. The average Bonchev–Trinajstić information content (AvgIpc) is 3.04. The van der Waals surface area contributed by atoms with Crippen molar-refractivity contribution in [3.63, 3.8) is 0 Å². The highest BCUT2D eigenvalue weighted by Gasteiger charge is 2.29. The number of nitrogens with one attached hydrogen (secondary N) is 1. The van der Waals surface area contributed by atoms with Gasteiger partial charge in [0.15, 0.2) is 0 Å². The fourth-order valence-electron chi connectivity index (χ4n) is 1.36. The molecule has 1 fully saturated rings. The number of amides is 1. The number of hydrogen-bond donors (Lipinski definition) is 2. The van der Waals surface area contributed by atoms with Crippen molar-refractivity contribution in [2.45, 2.75) is 12.8 Å². The van der Waals surface area contributed by atoms with Crippen molar-refractivity contribution in [2.24, 2.45) is 5.92 Å². The van der Waals surface area contributed by atoms with Gasteiger partial charge in [-0.3, -0.25) is 4.79 Å². The van der Waals surface area contributed by atoms with Crippen LogP contribution in [0.15, 0.2) is 18.2 Å². The molecule has 1 aliphatic carbocycles. The molecule has 4 nitrogen and oxygen atoms in total. The van der Waals surface area contributed by atoms with Crippen LogP contribution in [-0.2, 0) is 4.79 Å². The molecule has 15 heavy (non-hydrogen) atoms. The Labute approximate surface area is 88.4 Å². The van der Waals surface area contributed by atoms with Crippen LogP contribution in [0.3, 0.4) is 0 Å². The lowest BCUT2D eigenvalue weighted by molar-refractivity contribution is -0.117. The van der Waals surface area contributed by atoms with Gasteiger partial charge in [0, 0.05) is 12.0 Å². The Kier molecular flexibility index (Phi) is 2.49. The van der Waals surface area contributed by atoms with Crippen molar-refractivity contribution in [3.05, 3.63) is 18.2 Å². The van der Waals surface area contributed by atoms with E-state index in [0.29, 0.717) is 17.1 Å². The molecule has 1 amide bonds. The highest BCUT2D eigenvalue weighted by Crippen LogP contribution is 2.31. The molecular formula is C11H14N2O2. The summed E-state index contributed by atoms with van der Waals surface area (Å²) in [6, 6.07) is 5.23. The lowest BCUT2D eigenvalue weighted by Crippen LogP contribution is -2.14. The number of benzene rings is 1. The van der Waals surface area contributed by atoms with E-state index in [1.165, 1.54) is 0 Å². The summed E-state index contributed by atoms with van der Waals surface area (Å²) < 4.78 is 5.02. The first-order chi connectivity index (χ1) is 7.20. The van der Waals surface area contributed by atoms with Gasteiger partial charge in [-0.25, -0.2) is 0 Å². The van der Waals surface area contributed by atoms with E-state index in [0.717, 1.165) is 12.8 Å². The van der Waals surface area contributed by atoms with Gasteiger partial charge >= 0.3 is 0 Å². The third kappa shape index (κ3) is 2.21. The SMILES string of the molecule is COc1ccc(NC(=O)C2CC2)c(N)c1. The fourth-order valence-corrected chi connectivity index (χ4v) is 1.36. The Balaban J connectivity index is 2.10. The van der Waals surface area contributed by atoms with Crippen molar-refractivity contribution in [3.8, 4) is 5.75 Å². The number of hydrogen-bond acceptors (Lipinski definition) is 3. The number of nitrogen functional groups attached to an aromatic ring is 1.